The fraction of sp³-hybridized carbons (Fsp3) is 0.316. The van der Waals surface area contributed by atoms with E-state index in [1.54, 1.807) is 12.1 Å². The number of carbonyl (C=O) groups is 1. The first-order valence-corrected chi connectivity index (χ1v) is 9.91. The molecule has 0 heterocycles. The summed E-state index contributed by atoms with van der Waals surface area (Å²) in [6.45, 7) is 3.10. The lowest BCUT2D eigenvalue weighted by molar-refractivity contribution is 0.0951. The number of hydrogen-bond acceptors (Lipinski definition) is 5. The van der Waals surface area contributed by atoms with Gasteiger partial charge < -0.3 is 15.0 Å². The summed E-state index contributed by atoms with van der Waals surface area (Å²) < 4.78 is 33.0. The van der Waals surface area contributed by atoms with E-state index in [0.717, 1.165) is 12.1 Å². The van der Waals surface area contributed by atoms with Crippen molar-refractivity contribution in [2.24, 2.45) is 0 Å². The maximum atomic E-state index is 12.6. The van der Waals surface area contributed by atoms with E-state index in [2.05, 4.69) is 10.0 Å². The van der Waals surface area contributed by atoms with Gasteiger partial charge in [0.15, 0.2) is 0 Å². The Labute approximate surface area is 160 Å². The molecule has 0 aromatic heterocycles. The third kappa shape index (κ3) is 5.70. The van der Waals surface area contributed by atoms with Crippen LogP contribution in [0.5, 0.6) is 5.75 Å². The van der Waals surface area contributed by atoms with Crippen LogP contribution in [-0.2, 0) is 10.0 Å². The summed E-state index contributed by atoms with van der Waals surface area (Å²) in [6, 6.07) is 11.0. The highest BCUT2D eigenvalue weighted by atomic mass is 32.2. The van der Waals surface area contributed by atoms with Crippen LogP contribution in [0.3, 0.4) is 0 Å². The van der Waals surface area contributed by atoms with Crippen molar-refractivity contribution in [2.45, 2.75) is 11.8 Å². The molecule has 0 aliphatic carbocycles. The van der Waals surface area contributed by atoms with Gasteiger partial charge in [-0.2, -0.15) is 0 Å². The number of rotatable bonds is 8. The number of likely N-dealkylation sites (N-methyl/N-ethyl adjacent to an activating group) is 1. The van der Waals surface area contributed by atoms with Crippen LogP contribution in [-0.4, -0.2) is 53.5 Å². The first-order chi connectivity index (χ1) is 12.7. The summed E-state index contributed by atoms with van der Waals surface area (Å²) in [5, 5.41) is 2.79. The van der Waals surface area contributed by atoms with E-state index >= 15 is 0 Å². The molecule has 0 aliphatic heterocycles. The average Bonchev–Trinajstić information content (AvgIpc) is 2.61. The van der Waals surface area contributed by atoms with Gasteiger partial charge in [-0.05, 0) is 63.0 Å². The van der Waals surface area contributed by atoms with E-state index in [0.29, 0.717) is 23.5 Å². The molecule has 0 fully saturated rings. The zero-order valence-corrected chi connectivity index (χ0v) is 16.8. The molecule has 0 spiro atoms. The van der Waals surface area contributed by atoms with Crippen molar-refractivity contribution >= 4 is 21.6 Å². The standard InChI is InChI=1S/C19H25N3O4S/c1-14-5-10-18(26-4)17(13-14)21-27(24,25)16-8-6-15(7-9-16)19(23)20-11-12-22(2)3/h5-10,13,21H,11-12H2,1-4H3,(H,20,23). The van der Waals surface area contributed by atoms with Gasteiger partial charge in [-0.15, -0.1) is 0 Å². The summed E-state index contributed by atoms with van der Waals surface area (Å²) in [6.07, 6.45) is 0. The first kappa shape index (κ1) is 20.7. The first-order valence-electron chi connectivity index (χ1n) is 8.43. The van der Waals surface area contributed by atoms with Crippen LogP contribution in [0.25, 0.3) is 0 Å². The third-order valence-corrected chi connectivity index (χ3v) is 5.25. The number of methoxy groups -OCH3 is 1. The van der Waals surface area contributed by atoms with Gasteiger partial charge in [0.05, 0.1) is 17.7 Å². The lowest BCUT2D eigenvalue weighted by Gasteiger charge is -2.13. The second-order valence-corrected chi connectivity index (χ2v) is 8.08. The van der Waals surface area contributed by atoms with Gasteiger partial charge >= 0.3 is 0 Å². The fourth-order valence-electron chi connectivity index (χ4n) is 2.39. The van der Waals surface area contributed by atoms with Crippen LogP contribution in [0.15, 0.2) is 47.4 Å². The predicted octanol–water partition coefficient (Wildman–Crippen LogP) is 2.10. The summed E-state index contributed by atoms with van der Waals surface area (Å²) in [7, 11) is 1.51. The van der Waals surface area contributed by atoms with Crippen LogP contribution in [0, 0.1) is 6.92 Å². The highest BCUT2D eigenvalue weighted by Crippen LogP contribution is 2.27. The Kier molecular flexibility index (Phi) is 6.81. The fourth-order valence-corrected chi connectivity index (χ4v) is 3.45. The van der Waals surface area contributed by atoms with Gasteiger partial charge in [0.1, 0.15) is 5.75 Å². The van der Waals surface area contributed by atoms with Crippen molar-refractivity contribution in [1.82, 2.24) is 10.2 Å². The second kappa shape index (κ2) is 8.88. The van der Waals surface area contributed by atoms with Crippen molar-refractivity contribution in [3.05, 3.63) is 53.6 Å². The summed E-state index contributed by atoms with van der Waals surface area (Å²) in [5.41, 5.74) is 1.67. The van der Waals surface area contributed by atoms with Crippen LogP contribution in [0.1, 0.15) is 15.9 Å². The SMILES string of the molecule is COc1ccc(C)cc1NS(=O)(=O)c1ccc(C(=O)NCCN(C)C)cc1. The Morgan fingerprint density at radius 1 is 1.11 bits per heavy atom. The molecule has 2 aromatic carbocycles. The van der Waals surface area contributed by atoms with E-state index in [-0.39, 0.29) is 10.8 Å². The van der Waals surface area contributed by atoms with Gasteiger partial charge in [0, 0.05) is 18.7 Å². The number of aryl methyl sites for hydroxylation is 1. The van der Waals surface area contributed by atoms with Gasteiger partial charge in [0.2, 0.25) is 0 Å². The maximum absolute atomic E-state index is 12.6. The number of hydrogen-bond donors (Lipinski definition) is 2. The Morgan fingerprint density at radius 3 is 2.37 bits per heavy atom. The molecule has 2 rings (SSSR count). The molecular formula is C19H25N3O4S. The number of nitrogens with one attached hydrogen (secondary N) is 2. The van der Waals surface area contributed by atoms with Crippen molar-refractivity contribution in [1.29, 1.82) is 0 Å². The predicted molar refractivity (Wildman–Crippen MR) is 106 cm³/mol. The van der Waals surface area contributed by atoms with E-state index in [4.69, 9.17) is 4.74 Å². The lowest BCUT2D eigenvalue weighted by Crippen LogP contribution is -2.31. The molecular weight excluding hydrogens is 366 g/mol. The normalized spacial score (nSPS) is 11.3. The molecule has 0 radical (unpaired) electrons. The summed E-state index contributed by atoms with van der Waals surface area (Å²) >= 11 is 0. The molecule has 27 heavy (non-hydrogen) atoms. The number of anilines is 1. The van der Waals surface area contributed by atoms with Crippen molar-refractivity contribution in [2.75, 3.05) is 39.0 Å². The van der Waals surface area contributed by atoms with Crippen molar-refractivity contribution in [3.8, 4) is 5.75 Å². The molecule has 8 heteroatoms. The second-order valence-electron chi connectivity index (χ2n) is 6.39. The van der Waals surface area contributed by atoms with Crippen molar-refractivity contribution in [3.63, 3.8) is 0 Å². The molecule has 0 unspecified atom stereocenters. The lowest BCUT2D eigenvalue weighted by atomic mass is 10.2. The minimum Gasteiger partial charge on any atom is -0.495 e. The average molecular weight is 391 g/mol. The monoisotopic (exact) mass is 391 g/mol. The number of ether oxygens (including phenoxy) is 1. The number of benzene rings is 2. The quantitative estimate of drug-likeness (QED) is 0.720. The number of carbonyl (C=O) groups excluding carboxylic acids is 1. The Balaban J connectivity index is 2.13. The zero-order chi connectivity index (χ0) is 20.0. The van der Waals surface area contributed by atoms with Crippen molar-refractivity contribution < 1.29 is 17.9 Å². The molecule has 2 N–H and O–H groups in total. The molecule has 7 nitrogen and oxygen atoms in total. The molecule has 0 bridgehead atoms. The Morgan fingerprint density at radius 2 is 1.78 bits per heavy atom. The molecule has 0 saturated carbocycles. The Bertz CT molecular complexity index is 894. The van der Waals surface area contributed by atoms with Gasteiger partial charge in [-0.3, -0.25) is 9.52 Å². The minimum atomic E-state index is -3.80. The minimum absolute atomic E-state index is 0.0656. The molecule has 146 valence electrons. The van der Waals surface area contributed by atoms with Gasteiger partial charge in [-0.1, -0.05) is 6.07 Å². The highest BCUT2D eigenvalue weighted by Gasteiger charge is 2.17. The highest BCUT2D eigenvalue weighted by molar-refractivity contribution is 7.92. The topological polar surface area (TPSA) is 87.7 Å². The third-order valence-electron chi connectivity index (χ3n) is 3.87. The Hall–Kier alpha value is -2.58. The molecule has 1 amide bonds. The van der Waals surface area contributed by atoms with Crippen LogP contribution in [0.2, 0.25) is 0 Å². The number of sulfonamides is 1. The number of nitrogens with zero attached hydrogens (tertiary/aromatic N) is 1. The summed E-state index contributed by atoms with van der Waals surface area (Å²) in [4.78, 5) is 14.1. The molecule has 0 aliphatic rings. The zero-order valence-electron chi connectivity index (χ0n) is 15.9. The van der Waals surface area contributed by atoms with Crippen LogP contribution < -0.4 is 14.8 Å². The van der Waals surface area contributed by atoms with E-state index in [1.807, 2.05) is 32.0 Å². The van der Waals surface area contributed by atoms with Gasteiger partial charge in [-0.25, -0.2) is 8.42 Å². The largest absolute Gasteiger partial charge is 0.495 e. The smallest absolute Gasteiger partial charge is 0.262 e. The summed E-state index contributed by atoms with van der Waals surface area (Å²) in [5.74, 6) is 0.190. The van der Waals surface area contributed by atoms with E-state index < -0.39 is 10.0 Å². The molecule has 2 aromatic rings. The van der Waals surface area contributed by atoms with Crippen LogP contribution in [0.4, 0.5) is 5.69 Å². The van der Waals surface area contributed by atoms with Gasteiger partial charge in [0.25, 0.3) is 15.9 Å². The number of amides is 1. The van der Waals surface area contributed by atoms with Crippen LogP contribution >= 0.6 is 0 Å². The molecule has 0 atom stereocenters. The molecule has 0 saturated heterocycles. The maximum Gasteiger partial charge on any atom is 0.262 e. The van der Waals surface area contributed by atoms with E-state index in [9.17, 15) is 13.2 Å². The van der Waals surface area contributed by atoms with E-state index in [1.165, 1.54) is 31.4 Å².